The number of rotatable bonds is 2. The summed E-state index contributed by atoms with van der Waals surface area (Å²) in [5.74, 6) is -0.0889. The smallest absolute Gasteiger partial charge is 0.279 e. The number of anilines is 1. The van der Waals surface area contributed by atoms with E-state index in [1.807, 2.05) is 42.2 Å². The summed E-state index contributed by atoms with van der Waals surface area (Å²) in [5.41, 5.74) is 2.47. The molecular weight excluding hydrogens is 368 g/mol. The van der Waals surface area contributed by atoms with Crippen molar-refractivity contribution in [2.75, 3.05) is 16.4 Å². The predicted octanol–water partition coefficient (Wildman–Crippen LogP) is 2.91. The summed E-state index contributed by atoms with van der Waals surface area (Å²) in [7, 11) is -3.06. The third kappa shape index (κ3) is 3.29. The van der Waals surface area contributed by atoms with Gasteiger partial charge < -0.3 is 4.90 Å². The van der Waals surface area contributed by atoms with Gasteiger partial charge in [-0.3, -0.25) is 4.79 Å². The van der Waals surface area contributed by atoms with Crippen molar-refractivity contribution in [3.8, 4) is 0 Å². The molecule has 2 aromatic rings. The number of aryl methyl sites for hydroxylation is 1. The number of sulfone groups is 1. The Morgan fingerprint density at radius 2 is 1.88 bits per heavy atom. The Kier molecular flexibility index (Phi) is 4.36. The van der Waals surface area contributed by atoms with E-state index in [2.05, 4.69) is 4.99 Å². The molecule has 2 saturated heterocycles. The molecule has 1 amide bonds. The van der Waals surface area contributed by atoms with Crippen molar-refractivity contribution >= 4 is 38.4 Å². The lowest BCUT2D eigenvalue weighted by atomic mass is 10.1. The molecule has 0 saturated carbocycles. The first kappa shape index (κ1) is 17.3. The maximum atomic E-state index is 12.5. The van der Waals surface area contributed by atoms with Gasteiger partial charge in [0.05, 0.1) is 17.5 Å². The van der Waals surface area contributed by atoms with Gasteiger partial charge in [-0.1, -0.05) is 42.1 Å². The summed E-state index contributed by atoms with van der Waals surface area (Å²) in [6.45, 7) is 1.99. The molecule has 2 atom stereocenters. The van der Waals surface area contributed by atoms with Crippen molar-refractivity contribution < 1.29 is 13.2 Å². The normalized spacial score (nSPS) is 25.4. The lowest BCUT2D eigenvalue weighted by Gasteiger charge is -2.24. The van der Waals surface area contributed by atoms with Crippen LogP contribution in [0.25, 0.3) is 0 Å². The Hall–Kier alpha value is -2.12. The fraction of sp³-hybridized carbons (Fsp3) is 0.263. The molecule has 26 heavy (non-hydrogen) atoms. The average Bonchev–Trinajstić information content (AvgIpc) is 3.06. The maximum Gasteiger partial charge on any atom is 0.279 e. The second kappa shape index (κ2) is 6.55. The molecule has 0 radical (unpaired) electrons. The zero-order valence-corrected chi connectivity index (χ0v) is 15.8. The van der Waals surface area contributed by atoms with E-state index >= 15 is 0 Å². The van der Waals surface area contributed by atoms with Gasteiger partial charge in [-0.2, -0.15) is 4.99 Å². The SMILES string of the molecule is Cc1cccc(N2C(=NC(=O)c3ccccc3)S[C@@H]3CS(=O)(=O)C[C@H]32)c1. The minimum absolute atomic E-state index is 0.0944. The number of carbonyl (C=O) groups excluding carboxylic acids is 1. The number of amidine groups is 1. The third-order valence-corrected chi connectivity index (χ3v) is 7.77. The Balaban J connectivity index is 1.74. The number of nitrogens with zero attached hydrogens (tertiary/aromatic N) is 2. The molecule has 7 heteroatoms. The molecule has 2 heterocycles. The Labute approximate surface area is 157 Å². The minimum atomic E-state index is -3.06. The molecule has 0 spiro atoms. The monoisotopic (exact) mass is 386 g/mol. The standard InChI is InChI=1S/C19H18N2O3S2/c1-13-6-5-9-15(10-13)21-16-11-26(23,24)12-17(16)25-19(21)20-18(22)14-7-3-2-4-8-14/h2-10,16-17H,11-12H2,1H3/t16-,17-/m1/s1. The van der Waals surface area contributed by atoms with Gasteiger partial charge in [0.25, 0.3) is 5.91 Å². The fourth-order valence-corrected chi connectivity index (χ4v) is 7.29. The number of benzene rings is 2. The summed E-state index contributed by atoms with van der Waals surface area (Å²) in [5, 5.41) is 0.484. The Morgan fingerprint density at radius 3 is 2.62 bits per heavy atom. The van der Waals surface area contributed by atoms with Crippen LogP contribution in [-0.4, -0.2) is 42.3 Å². The molecule has 134 valence electrons. The average molecular weight is 386 g/mol. The highest BCUT2D eigenvalue weighted by atomic mass is 32.2. The van der Waals surface area contributed by atoms with Crippen LogP contribution in [0.4, 0.5) is 5.69 Å². The van der Waals surface area contributed by atoms with E-state index < -0.39 is 9.84 Å². The summed E-state index contributed by atoms with van der Waals surface area (Å²) in [4.78, 5) is 18.8. The number of carbonyl (C=O) groups is 1. The highest BCUT2D eigenvalue weighted by Gasteiger charge is 2.49. The van der Waals surface area contributed by atoms with Crippen LogP contribution >= 0.6 is 11.8 Å². The van der Waals surface area contributed by atoms with E-state index in [0.29, 0.717) is 10.7 Å². The highest BCUT2D eigenvalue weighted by molar-refractivity contribution is 8.16. The zero-order chi connectivity index (χ0) is 18.3. The largest absolute Gasteiger partial charge is 0.316 e. The summed E-state index contributed by atoms with van der Waals surface area (Å²) >= 11 is 1.39. The minimum Gasteiger partial charge on any atom is -0.316 e. The molecule has 5 nitrogen and oxygen atoms in total. The van der Waals surface area contributed by atoms with Crippen LogP contribution in [0.2, 0.25) is 0 Å². The second-order valence-corrected chi connectivity index (χ2v) is 9.94. The number of fused-ring (bicyclic) bond motifs is 1. The van der Waals surface area contributed by atoms with E-state index in [4.69, 9.17) is 0 Å². The van der Waals surface area contributed by atoms with Crippen LogP contribution in [0.1, 0.15) is 15.9 Å². The van der Waals surface area contributed by atoms with Crippen LogP contribution < -0.4 is 4.90 Å². The molecule has 0 N–H and O–H groups in total. The van der Waals surface area contributed by atoms with Gasteiger partial charge in [-0.05, 0) is 36.8 Å². The molecule has 4 rings (SSSR count). The molecular formula is C19H18N2O3S2. The topological polar surface area (TPSA) is 66.8 Å². The molecule has 2 aromatic carbocycles. The first-order chi connectivity index (χ1) is 12.4. The second-order valence-electron chi connectivity index (χ2n) is 6.58. The fourth-order valence-electron chi connectivity index (χ4n) is 3.38. The number of hydrogen-bond acceptors (Lipinski definition) is 4. The van der Waals surface area contributed by atoms with E-state index in [0.717, 1.165) is 11.3 Å². The van der Waals surface area contributed by atoms with Crippen molar-refractivity contribution in [3.63, 3.8) is 0 Å². The van der Waals surface area contributed by atoms with Gasteiger partial charge in [-0.25, -0.2) is 8.42 Å². The molecule has 2 aliphatic rings. The van der Waals surface area contributed by atoms with Crippen LogP contribution in [0.5, 0.6) is 0 Å². The van der Waals surface area contributed by atoms with E-state index in [9.17, 15) is 13.2 Å². The quantitative estimate of drug-likeness (QED) is 0.794. The van der Waals surface area contributed by atoms with E-state index in [1.54, 1.807) is 24.3 Å². The number of amides is 1. The molecule has 0 aromatic heterocycles. The number of aliphatic imine (C=N–C) groups is 1. The summed E-state index contributed by atoms with van der Waals surface area (Å²) < 4.78 is 24.2. The molecule has 0 unspecified atom stereocenters. The van der Waals surface area contributed by atoms with Crippen molar-refractivity contribution in [1.29, 1.82) is 0 Å². The van der Waals surface area contributed by atoms with Crippen LogP contribution in [-0.2, 0) is 9.84 Å². The van der Waals surface area contributed by atoms with Crippen molar-refractivity contribution in [3.05, 3.63) is 65.7 Å². The van der Waals surface area contributed by atoms with Gasteiger partial charge >= 0.3 is 0 Å². The number of thioether (sulfide) groups is 1. The van der Waals surface area contributed by atoms with Gasteiger partial charge in [0, 0.05) is 16.5 Å². The molecule has 2 fully saturated rings. The third-order valence-electron chi connectivity index (χ3n) is 4.56. The van der Waals surface area contributed by atoms with Gasteiger partial charge in [0.2, 0.25) is 0 Å². The van der Waals surface area contributed by atoms with E-state index in [1.165, 1.54) is 11.8 Å². The lowest BCUT2D eigenvalue weighted by Crippen LogP contribution is -2.37. The molecule has 0 bridgehead atoms. The maximum absolute atomic E-state index is 12.5. The molecule has 2 aliphatic heterocycles. The Bertz CT molecular complexity index is 987. The first-order valence-corrected chi connectivity index (χ1v) is 11.0. The highest BCUT2D eigenvalue weighted by Crippen LogP contribution is 2.41. The van der Waals surface area contributed by atoms with E-state index in [-0.39, 0.29) is 28.7 Å². The van der Waals surface area contributed by atoms with Crippen LogP contribution in [0, 0.1) is 6.92 Å². The van der Waals surface area contributed by atoms with Crippen LogP contribution in [0.15, 0.2) is 59.6 Å². The molecule has 0 aliphatic carbocycles. The summed E-state index contributed by atoms with van der Waals surface area (Å²) in [6.07, 6.45) is 0. The van der Waals surface area contributed by atoms with Gasteiger partial charge in [0.15, 0.2) is 15.0 Å². The van der Waals surface area contributed by atoms with Crippen molar-refractivity contribution in [2.24, 2.45) is 4.99 Å². The zero-order valence-electron chi connectivity index (χ0n) is 14.2. The van der Waals surface area contributed by atoms with Gasteiger partial charge in [0.1, 0.15) is 0 Å². The van der Waals surface area contributed by atoms with Crippen LogP contribution in [0.3, 0.4) is 0 Å². The summed E-state index contributed by atoms with van der Waals surface area (Å²) in [6, 6.07) is 16.6. The number of hydrogen-bond donors (Lipinski definition) is 0. The Morgan fingerprint density at radius 1 is 1.12 bits per heavy atom. The van der Waals surface area contributed by atoms with Crippen molar-refractivity contribution in [2.45, 2.75) is 18.2 Å². The predicted molar refractivity (Wildman–Crippen MR) is 106 cm³/mol. The van der Waals surface area contributed by atoms with Gasteiger partial charge in [-0.15, -0.1) is 0 Å². The van der Waals surface area contributed by atoms with Crippen molar-refractivity contribution in [1.82, 2.24) is 0 Å². The lowest BCUT2D eigenvalue weighted by molar-refractivity contribution is 0.100. The first-order valence-electron chi connectivity index (χ1n) is 8.34.